The second kappa shape index (κ2) is 6.40. The van der Waals surface area contributed by atoms with Gasteiger partial charge >= 0.3 is 0 Å². The number of hydrogen-bond acceptors (Lipinski definition) is 3. The fourth-order valence-corrected chi connectivity index (χ4v) is 1.55. The molecule has 1 heterocycles. The Kier molecular flexibility index (Phi) is 5.12. The van der Waals surface area contributed by atoms with Crippen LogP contribution in [0.1, 0.15) is 25.5 Å². The third-order valence-electron chi connectivity index (χ3n) is 2.38. The lowest BCUT2D eigenvalue weighted by Crippen LogP contribution is -2.31. The van der Waals surface area contributed by atoms with E-state index in [0.29, 0.717) is 6.54 Å². The SMILES string of the molecule is CCCCN(CCN)c1cccc(C)n1. The minimum atomic E-state index is 0.680. The molecule has 3 heteroatoms. The van der Waals surface area contributed by atoms with E-state index < -0.39 is 0 Å². The van der Waals surface area contributed by atoms with Crippen molar-refractivity contribution in [2.75, 3.05) is 24.5 Å². The first-order valence-electron chi connectivity index (χ1n) is 5.66. The Bertz CT molecular complexity index is 286. The Balaban J connectivity index is 2.69. The molecule has 0 saturated carbocycles. The van der Waals surface area contributed by atoms with Gasteiger partial charge < -0.3 is 10.6 Å². The van der Waals surface area contributed by atoms with Crippen LogP contribution >= 0.6 is 0 Å². The maximum absolute atomic E-state index is 5.61. The molecule has 0 bridgehead atoms. The number of aromatic nitrogens is 1. The number of hydrogen-bond donors (Lipinski definition) is 1. The van der Waals surface area contributed by atoms with Crippen molar-refractivity contribution < 1.29 is 0 Å². The first-order valence-corrected chi connectivity index (χ1v) is 5.66. The van der Waals surface area contributed by atoms with E-state index in [4.69, 9.17) is 5.73 Å². The highest BCUT2D eigenvalue weighted by Crippen LogP contribution is 2.11. The van der Waals surface area contributed by atoms with Crippen LogP contribution in [-0.4, -0.2) is 24.6 Å². The summed E-state index contributed by atoms with van der Waals surface area (Å²) in [5.74, 6) is 1.05. The van der Waals surface area contributed by atoms with Gasteiger partial charge in [-0.1, -0.05) is 19.4 Å². The molecular weight excluding hydrogens is 186 g/mol. The van der Waals surface area contributed by atoms with E-state index >= 15 is 0 Å². The van der Waals surface area contributed by atoms with E-state index in [0.717, 1.165) is 24.6 Å². The number of nitrogens with zero attached hydrogens (tertiary/aromatic N) is 2. The molecule has 0 amide bonds. The van der Waals surface area contributed by atoms with Gasteiger partial charge in [-0.2, -0.15) is 0 Å². The molecule has 84 valence electrons. The van der Waals surface area contributed by atoms with E-state index in [-0.39, 0.29) is 0 Å². The zero-order valence-electron chi connectivity index (χ0n) is 9.74. The van der Waals surface area contributed by atoms with Gasteiger partial charge in [0.15, 0.2) is 0 Å². The average Bonchev–Trinajstić information content (AvgIpc) is 2.24. The van der Waals surface area contributed by atoms with Crippen LogP contribution in [0.15, 0.2) is 18.2 Å². The van der Waals surface area contributed by atoms with Crippen LogP contribution in [0.3, 0.4) is 0 Å². The molecule has 1 rings (SSSR count). The van der Waals surface area contributed by atoms with E-state index in [2.05, 4.69) is 22.9 Å². The second-order valence-corrected chi connectivity index (χ2v) is 3.77. The summed E-state index contributed by atoms with van der Waals surface area (Å²) in [5, 5.41) is 0. The van der Waals surface area contributed by atoms with E-state index in [1.165, 1.54) is 12.8 Å². The van der Waals surface area contributed by atoms with Crippen molar-refractivity contribution in [3.05, 3.63) is 23.9 Å². The molecule has 2 N–H and O–H groups in total. The number of rotatable bonds is 6. The summed E-state index contributed by atoms with van der Waals surface area (Å²) in [6, 6.07) is 6.12. The molecule has 0 aliphatic rings. The molecule has 3 nitrogen and oxygen atoms in total. The molecule has 0 atom stereocenters. The zero-order valence-corrected chi connectivity index (χ0v) is 9.74. The monoisotopic (exact) mass is 207 g/mol. The molecule has 1 aromatic rings. The van der Waals surface area contributed by atoms with Crippen molar-refractivity contribution in [3.63, 3.8) is 0 Å². The summed E-state index contributed by atoms with van der Waals surface area (Å²) in [4.78, 5) is 6.78. The van der Waals surface area contributed by atoms with Gasteiger partial charge in [0.1, 0.15) is 5.82 Å². The quantitative estimate of drug-likeness (QED) is 0.775. The Hall–Kier alpha value is -1.09. The molecule has 0 unspecified atom stereocenters. The normalized spacial score (nSPS) is 10.3. The number of pyridine rings is 1. The minimum absolute atomic E-state index is 0.680. The predicted molar refractivity (Wildman–Crippen MR) is 65.1 cm³/mol. The Morgan fingerprint density at radius 1 is 1.33 bits per heavy atom. The molecule has 1 aromatic heterocycles. The van der Waals surface area contributed by atoms with Crippen LogP contribution in [0.4, 0.5) is 5.82 Å². The summed E-state index contributed by atoms with van der Waals surface area (Å²) >= 11 is 0. The molecule has 0 spiro atoms. The smallest absolute Gasteiger partial charge is 0.128 e. The molecule has 0 aliphatic carbocycles. The molecule has 0 radical (unpaired) electrons. The van der Waals surface area contributed by atoms with Gasteiger partial charge in [-0.3, -0.25) is 0 Å². The van der Waals surface area contributed by atoms with Gasteiger partial charge in [-0.15, -0.1) is 0 Å². The van der Waals surface area contributed by atoms with Crippen LogP contribution < -0.4 is 10.6 Å². The maximum Gasteiger partial charge on any atom is 0.128 e. The summed E-state index contributed by atoms with van der Waals surface area (Å²) < 4.78 is 0. The number of anilines is 1. The number of unbranched alkanes of at least 4 members (excludes halogenated alkanes) is 1. The Labute approximate surface area is 92.3 Å². The zero-order chi connectivity index (χ0) is 11.1. The van der Waals surface area contributed by atoms with Crippen LogP contribution in [0, 0.1) is 6.92 Å². The third kappa shape index (κ3) is 3.88. The van der Waals surface area contributed by atoms with Crippen molar-refractivity contribution in [2.45, 2.75) is 26.7 Å². The highest BCUT2D eigenvalue weighted by atomic mass is 15.2. The third-order valence-corrected chi connectivity index (χ3v) is 2.38. The fourth-order valence-electron chi connectivity index (χ4n) is 1.55. The lowest BCUT2D eigenvalue weighted by molar-refractivity contribution is 0.707. The van der Waals surface area contributed by atoms with Gasteiger partial charge in [0.05, 0.1) is 0 Å². The highest BCUT2D eigenvalue weighted by Gasteiger charge is 2.05. The summed E-state index contributed by atoms with van der Waals surface area (Å²) in [6.07, 6.45) is 2.39. The summed E-state index contributed by atoms with van der Waals surface area (Å²) in [7, 11) is 0. The van der Waals surface area contributed by atoms with E-state index in [1.54, 1.807) is 0 Å². The topological polar surface area (TPSA) is 42.1 Å². The second-order valence-electron chi connectivity index (χ2n) is 3.77. The van der Waals surface area contributed by atoms with Gasteiger partial charge in [0.25, 0.3) is 0 Å². The van der Waals surface area contributed by atoms with Crippen molar-refractivity contribution >= 4 is 5.82 Å². The largest absolute Gasteiger partial charge is 0.355 e. The maximum atomic E-state index is 5.61. The van der Waals surface area contributed by atoms with Crippen molar-refractivity contribution in [1.29, 1.82) is 0 Å². The highest BCUT2D eigenvalue weighted by molar-refractivity contribution is 5.38. The average molecular weight is 207 g/mol. The first-order chi connectivity index (χ1) is 7.27. The van der Waals surface area contributed by atoms with Crippen LogP contribution in [0.5, 0.6) is 0 Å². The number of aryl methyl sites for hydroxylation is 1. The molecule has 0 fully saturated rings. The van der Waals surface area contributed by atoms with E-state index in [1.807, 2.05) is 19.1 Å². The lowest BCUT2D eigenvalue weighted by atomic mass is 10.3. The first kappa shape index (κ1) is 12.0. The molecule has 0 aromatic carbocycles. The van der Waals surface area contributed by atoms with E-state index in [9.17, 15) is 0 Å². The fraction of sp³-hybridized carbons (Fsp3) is 0.583. The molecule has 0 aliphatic heterocycles. The Morgan fingerprint density at radius 3 is 2.73 bits per heavy atom. The standard InChI is InChI=1S/C12H21N3/c1-3-4-9-15(10-8-13)12-7-5-6-11(2)14-12/h5-7H,3-4,8-10,13H2,1-2H3. The van der Waals surface area contributed by atoms with Gasteiger partial charge in [0, 0.05) is 25.3 Å². The summed E-state index contributed by atoms with van der Waals surface area (Å²) in [6.45, 7) is 6.83. The van der Waals surface area contributed by atoms with Crippen LogP contribution in [0.25, 0.3) is 0 Å². The molecule has 0 saturated heterocycles. The lowest BCUT2D eigenvalue weighted by Gasteiger charge is -2.23. The van der Waals surface area contributed by atoms with Crippen LogP contribution in [-0.2, 0) is 0 Å². The molecule has 15 heavy (non-hydrogen) atoms. The number of nitrogens with two attached hydrogens (primary N) is 1. The summed E-state index contributed by atoms with van der Waals surface area (Å²) in [5.41, 5.74) is 6.67. The minimum Gasteiger partial charge on any atom is -0.355 e. The van der Waals surface area contributed by atoms with Crippen molar-refractivity contribution in [2.24, 2.45) is 5.73 Å². The van der Waals surface area contributed by atoms with Crippen molar-refractivity contribution in [3.8, 4) is 0 Å². The molecular formula is C12H21N3. The predicted octanol–water partition coefficient (Wildman–Crippen LogP) is 1.96. The van der Waals surface area contributed by atoms with Gasteiger partial charge in [-0.25, -0.2) is 4.98 Å². The van der Waals surface area contributed by atoms with Gasteiger partial charge in [-0.05, 0) is 25.5 Å². The Morgan fingerprint density at radius 2 is 2.13 bits per heavy atom. The van der Waals surface area contributed by atoms with Crippen LogP contribution in [0.2, 0.25) is 0 Å². The van der Waals surface area contributed by atoms with Gasteiger partial charge in [0.2, 0.25) is 0 Å². The van der Waals surface area contributed by atoms with Crippen molar-refractivity contribution in [1.82, 2.24) is 4.98 Å².